The zero-order valence-corrected chi connectivity index (χ0v) is 17.8. The maximum atomic E-state index is 6.15. The van der Waals surface area contributed by atoms with Crippen molar-refractivity contribution < 1.29 is 0 Å². The number of rotatable bonds is 7. The topological polar surface area (TPSA) is 53.7 Å². The molecule has 1 aromatic heterocycles. The number of nitrogens with one attached hydrogen (secondary N) is 2. The van der Waals surface area contributed by atoms with Gasteiger partial charge in [-0.05, 0) is 81.6 Å². The summed E-state index contributed by atoms with van der Waals surface area (Å²) in [5, 5.41) is 12.3. The predicted octanol–water partition coefficient (Wildman–Crippen LogP) is 5.20. The van der Waals surface area contributed by atoms with Crippen LogP contribution in [0.2, 0.25) is 5.02 Å². The molecule has 0 radical (unpaired) electrons. The molecule has 1 aromatic carbocycles. The Kier molecular flexibility index (Phi) is 7.07. The summed E-state index contributed by atoms with van der Waals surface area (Å²) in [6.45, 7) is 13.7. The third-order valence-electron chi connectivity index (χ3n) is 5.28. The van der Waals surface area contributed by atoms with Crippen LogP contribution in [0.15, 0.2) is 47.1 Å². The summed E-state index contributed by atoms with van der Waals surface area (Å²) in [5.74, 6) is 0.437. The number of hydrogen-bond acceptors (Lipinski definition) is 4. The second kappa shape index (κ2) is 9.72. The van der Waals surface area contributed by atoms with Crippen LogP contribution in [0.3, 0.4) is 0 Å². The van der Waals surface area contributed by atoms with E-state index in [1.54, 1.807) is 0 Å². The van der Waals surface area contributed by atoms with Gasteiger partial charge in [0.2, 0.25) is 0 Å². The summed E-state index contributed by atoms with van der Waals surface area (Å²) in [7, 11) is 0. The predicted molar refractivity (Wildman–Crippen MR) is 125 cm³/mol. The van der Waals surface area contributed by atoms with E-state index in [9.17, 15) is 0 Å². The molecule has 0 amide bonds. The summed E-state index contributed by atoms with van der Waals surface area (Å²) in [5.41, 5.74) is 9.14. The van der Waals surface area contributed by atoms with Crippen LogP contribution in [0.25, 0.3) is 17.8 Å². The number of halogens is 1. The van der Waals surface area contributed by atoms with Gasteiger partial charge in [-0.3, -0.25) is 0 Å². The van der Waals surface area contributed by atoms with Gasteiger partial charge in [0, 0.05) is 23.0 Å². The average molecular weight is 410 g/mol. The molecule has 1 aliphatic heterocycles. The van der Waals surface area contributed by atoms with Gasteiger partial charge in [0.15, 0.2) is 0 Å². The molecule has 2 aromatic rings. The Bertz CT molecular complexity index is 931. The molecule has 5 nitrogen and oxygen atoms in total. The molecule has 1 saturated heterocycles. The highest BCUT2D eigenvalue weighted by Gasteiger charge is 2.29. The van der Waals surface area contributed by atoms with Gasteiger partial charge >= 0.3 is 0 Å². The van der Waals surface area contributed by atoms with Gasteiger partial charge in [0.1, 0.15) is 0 Å². The fraction of sp³-hybridized carbons (Fsp3) is 0.304. The maximum Gasteiger partial charge on any atom is 0.0836 e. The van der Waals surface area contributed by atoms with E-state index in [1.807, 2.05) is 44.2 Å². The molecule has 0 spiro atoms. The molecule has 0 bridgehead atoms. The minimum atomic E-state index is 0.437. The summed E-state index contributed by atoms with van der Waals surface area (Å²) in [6.07, 6.45) is 8.35. The lowest BCUT2D eigenvalue weighted by Gasteiger charge is -2.24. The fourth-order valence-corrected chi connectivity index (χ4v) is 4.20. The highest BCUT2D eigenvalue weighted by molar-refractivity contribution is 6.30. The van der Waals surface area contributed by atoms with Crippen molar-refractivity contribution in [3.8, 4) is 5.69 Å². The fourth-order valence-electron chi connectivity index (χ4n) is 4.07. The smallest absolute Gasteiger partial charge is 0.0836 e. The van der Waals surface area contributed by atoms with Gasteiger partial charge < -0.3 is 9.88 Å². The van der Waals surface area contributed by atoms with Crippen molar-refractivity contribution in [1.29, 1.82) is 0 Å². The van der Waals surface area contributed by atoms with Crippen LogP contribution in [0.4, 0.5) is 0 Å². The lowest BCUT2D eigenvalue weighted by molar-refractivity contribution is 0.459. The summed E-state index contributed by atoms with van der Waals surface area (Å²) < 4.78 is 2.22. The van der Waals surface area contributed by atoms with E-state index >= 15 is 0 Å². The summed E-state index contributed by atoms with van der Waals surface area (Å²) >= 11 is 6.15. The van der Waals surface area contributed by atoms with Crippen molar-refractivity contribution in [2.75, 3.05) is 13.1 Å². The highest BCUT2D eigenvalue weighted by atomic mass is 35.5. The molecule has 0 saturated carbocycles. The molecule has 2 N–H and O–H groups in total. The molecular formula is C23H28ClN5. The van der Waals surface area contributed by atoms with Crippen LogP contribution in [0.1, 0.15) is 55.1 Å². The zero-order valence-electron chi connectivity index (χ0n) is 17.1. The zero-order chi connectivity index (χ0) is 20.8. The van der Waals surface area contributed by atoms with Crippen LogP contribution < -0.4 is 10.9 Å². The van der Waals surface area contributed by atoms with E-state index in [-0.39, 0.29) is 0 Å². The summed E-state index contributed by atoms with van der Waals surface area (Å²) in [6, 6.07) is 7.86. The Labute approximate surface area is 177 Å². The number of allylic oxidation sites excluding steroid dienone is 1. The molecule has 29 heavy (non-hydrogen) atoms. The Morgan fingerprint density at radius 3 is 2.55 bits per heavy atom. The SMILES string of the molecule is C=Cc1c(/C=C\C)c(C2CCNCC2)c(/C(C)=N/NN=C)n1-c1ccc(Cl)cc1. The monoisotopic (exact) mass is 409 g/mol. The van der Waals surface area contributed by atoms with Crippen LogP contribution in [-0.4, -0.2) is 30.1 Å². The lowest BCUT2D eigenvalue weighted by Crippen LogP contribution is -2.27. The van der Waals surface area contributed by atoms with Crippen molar-refractivity contribution in [2.45, 2.75) is 32.6 Å². The largest absolute Gasteiger partial charge is 0.317 e. The Morgan fingerprint density at radius 1 is 1.28 bits per heavy atom. The van der Waals surface area contributed by atoms with Gasteiger partial charge in [-0.2, -0.15) is 15.7 Å². The molecule has 3 rings (SSSR count). The third-order valence-corrected chi connectivity index (χ3v) is 5.53. The number of nitrogens with zero attached hydrogens (tertiary/aromatic N) is 3. The van der Waals surface area contributed by atoms with Gasteiger partial charge in [-0.1, -0.05) is 30.3 Å². The van der Waals surface area contributed by atoms with E-state index in [0.29, 0.717) is 10.9 Å². The first kappa shape index (κ1) is 21.1. The number of benzene rings is 1. The summed E-state index contributed by atoms with van der Waals surface area (Å²) in [4.78, 5) is 0. The minimum Gasteiger partial charge on any atom is -0.317 e. The van der Waals surface area contributed by atoms with Crippen molar-refractivity contribution in [2.24, 2.45) is 10.2 Å². The highest BCUT2D eigenvalue weighted by Crippen LogP contribution is 2.38. The van der Waals surface area contributed by atoms with E-state index < -0.39 is 0 Å². The number of aromatic nitrogens is 1. The molecule has 2 heterocycles. The van der Waals surface area contributed by atoms with Gasteiger partial charge in [0.05, 0.1) is 17.1 Å². The Morgan fingerprint density at radius 2 is 1.97 bits per heavy atom. The second-order valence-corrected chi connectivity index (χ2v) is 7.49. The van der Waals surface area contributed by atoms with Crippen LogP contribution in [-0.2, 0) is 0 Å². The molecule has 1 aliphatic rings. The number of piperidine rings is 1. The Hall–Kier alpha value is -2.63. The van der Waals surface area contributed by atoms with Crippen LogP contribution in [0.5, 0.6) is 0 Å². The molecule has 6 heteroatoms. The van der Waals surface area contributed by atoms with E-state index in [4.69, 9.17) is 11.6 Å². The normalized spacial score (nSPS) is 15.6. The molecule has 0 unspecified atom stereocenters. The van der Waals surface area contributed by atoms with Crippen molar-refractivity contribution in [3.63, 3.8) is 0 Å². The van der Waals surface area contributed by atoms with Gasteiger partial charge in [-0.25, -0.2) is 0 Å². The quantitative estimate of drug-likeness (QED) is 0.487. The first-order valence-corrected chi connectivity index (χ1v) is 10.3. The average Bonchev–Trinajstić information content (AvgIpc) is 3.07. The first-order valence-electron chi connectivity index (χ1n) is 9.88. The number of hydrogen-bond donors (Lipinski definition) is 2. The van der Waals surface area contributed by atoms with Crippen molar-refractivity contribution >= 4 is 36.2 Å². The molecule has 152 valence electrons. The van der Waals surface area contributed by atoms with E-state index in [0.717, 1.165) is 48.7 Å². The standard InChI is InChI=1S/C23H28ClN5/c1-5-7-20-21(6-2)29(19-10-8-18(24)9-11-19)23(16(3)27-28-25-4)22(20)17-12-14-26-15-13-17/h5-11,17,26,28H,2,4,12-15H2,1,3H3/b7-5-,27-16+. The molecule has 0 atom stereocenters. The molecule has 1 fully saturated rings. The van der Waals surface area contributed by atoms with Gasteiger partial charge in [0.25, 0.3) is 0 Å². The van der Waals surface area contributed by atoms with Crippen molar-refractivity contribution in [1.82, 2.24) is 15.4 Å². The molecule has 0 aliphatic carbocycles. The third kappa shape index (κ3) is 4.36. The molecular weight excluding hydrogens is 382 g/mol. The van der Waals surface area contributed by atoms with Crippen molar-refractivity contribution in [3.05, 3.63) is 64.5 Å². The lowest BCUT2D eigenvalue weighted by atomic mass is 9.86. The van der Waals surface area contributed by atoms with E-state index in [1.165, 1.54) is 11.1 Å². The second-order valence-electron chi connectivity index (χ2n) is 7.06. The van der Waals surface area contributed by atoms with Crippen LogP contribution >= 0.6 is 11.6 Å². The first-order chi connectivity index (χ1) is 14.1. The Balaban J connectivity index is 2.36. The van der Waals surface area contributed by atoms with Gasteiger partial charge in [-0.15, -0.1) is 0 Å². The van der Waals surface area contributed by atoms with Crippen LogP contribution in [0, 0.1) is 0 Å². The van der Waals surface area contributed by atoms with E-state index in [2.05, 4.69) is 51.1 Å². The number of hydrazone groups is 2. The minimum absolute atomic E-state index is 0.437. The maximum absolute atomic E-state index is 6.15.